The Kier molecular flexibility index (Phi) is 3.75. The fourth-order valence-corrected chi connectivity index (χ4v) is 2.42. The van der Waals surface area contributed by atoms with Crippen LogP contribution in [0.25, 0.3) is 16.9 Å². The van der Waals surface area contributed by atoms with Gasteiger partial charge in [-0.3, -0.25) is 0 Å². The summed E-state index contributed by atoms with van der Waals surface area (Å²) in [6.07, 6.45) is -3.97. The molecule has 1 fully saturated rings. The molecule has 1 aliphatic rings. The van der Waals surface area contributed by atoms with Gasteiger partial charge in [0.15, 0.2) is 11.5 Å². The normalized spacial score (nSPS) is 18.7. The number of ether oxygens (including phenoxy) is 1. The Labute approximate surface area is 146 Å². The number of fused-ring (bicyclic) bond motifs is 1. The van der Waals surface area contributed by atoms with Crippen molar-refractivity contribution in [3.63, 3.8) is 0 Å². The SMILES string of the molecule is Fc1cc(-c2ccc3nnc(C(F)(F)F)n3n2)cnc1OC[C@H]1CC1(F)F. The summed E-state index contributed by atoms with van der Waals surface area (Å²) in [7, 11) is 0. The van der Waals surface area contributed by atoms with Crippen LogP contribution >= 0.6 is 0 Å². The molecule has 0 N–H and O–H groups in total. The highest BCUT2D eigenvalue weighted by molar-refractivity contribution is 5.59. The maximum absolute atomic E-state index is 14.1. The minimum atomic E-state index is -4.77. The summed E-state index contributed by atoms with van der Waals surface area (Å²) >= 11 is 0. The van der Waals surface area contributed by atoms with Gasteiger partial charge in [-0.2, -0.15) is 22.8 Å². The van der Waals surface area contributed by atoms with Crippen molar-refractivity contribution in [3.8, 4) is 17.1 Å². The zero-order valence-corrected chi connectivity index (χ0v) is 13.2. The van der Waals surface area contributed by atoms with Crippen molar-refractivity contribution in [1.82, 2.24) is 24.8 Å². The standard InChI is InChI=1S/C15H9F6N5O/c16-9-3-7(5-22-12(9)27-6-8-4-14(8,17)18)10-1-2-11-23-24-13(15(19,20)21)26(11)25-10/h1-3,5,8H,4,6H2/t8-/m1/s1. The molecule has 0 saturated heterocycles. The molecule has 1 atom stereocenters. The number of aromatic nitrogens is 5. The number of hydrogen-bond acceptors (Lipinski definition) is 5. The Bertz CT molecular complexity index is 1020. The molecule has 0 amide bonds. The van der Waals surface area contributed by atoms with E-state index < -0.39 is 35.5 Å². The zero-order chi connectivity index (χ0) is 19.4. The summed E-state index contributed by atoms with van der Waals surface area (Å²) in [4.78, 5) is 3.70. The lowest BCUT2D eigenvalue weighted by molar-refractivity contribution is -0.146. The number of nitrogens with zero attached hydrogens (tertiary/aromatic N) is 5. The van der Waals surface area contributed by atoms with Gasteiger partial charge in [-0.25, -0.2) is 18.2 Å². The molecule has 12 heteroatoms. The van der Waals surface area contributed by atoms with Crippen LogP contribution < -0.4 is 4.74 Å². The number of rotatable bonds is 4. The minimum absolute atomic E-state index is 0.0144. The predicted molar refractivity (Wildman–Crippen MR) is 77.5 cm³/mol. The summed E-state index contributed by atoms with van der Waals surface area (Å²) in [5, 5.41) is 10.2. The Morgan fingerprint density at radius 1 is 1.22 bits per heavy atom. The summed E-state index contributed by atoms with van der Waals surface area (Å²) in [6.45, 7) is -0.379. The molecule has 142 valence electrons. The van der Waals surface area contributed by atoms with Crippen molar-refractivity contribution in [2.45, 2.75) is 18.5 Å². The van der Waals surface area contributed by atoms with E-state index in [0.29, 0.717) is 4.52 Å². The van der Waals surface area contributed by atoms with Crippen LogP contribution in [-0.4, -0.2) is 37.3 Å². The van der Waals surface area contributed by atoms with Crippen LogP contribution in [0.4, 0.5) is 26.3 Å². The van der Waals surface area contributed by atoms with Crippen molar-refractivity contribution in [1.29, 1.82) is 0 Å². The lowest BCUT2D eigenvalue weighted by atomic mass is 10.2. The highest BCUT2D eigenvalue weighted by Gasteiger charge is 2.57. The molecule has 0 aliphatic heterocycles. The topological polar surface area (TPSA) is 65.2 Å². The van der Waals surface area contributed by atoms with Crippen LogP contribution in [-0.2, 0) is 6.18 Å². The number of pyridine rings is 1. The smallest absolute Gasteiger partial charge is 0.453 e. The van der Waals surface area contributed by atoms with Gasteiger partial charge < -0.3 is 4.74 Å². The molecular formula is C15H9F6N5O. The van der Waals surface area contributed by atoms with E-state index in [-0.39, 0.29) is 29.9 Å². The highest BCUT2D eigenvalue weighted by atomic mass is 19.4. The third-order valence-electron chi connectivity index (χ3n) is 4.00. The van der Waals surface area contributed by atoms with Crippen LogP contribution in [0.1, 0.15) is 12.2 Å². The van der Waals surface area contributed by atoms with Crippen molar-refractivity contribution in [2.75, 3.05) is 6.61 Å². The van der Waals surface area contributed by atoms with E-state index in [4.69, 9.17) is 4.74 Å². The molecule has 6 nitrogen and oxygen atoms in total. The van der Waals surface area contributed by atoms with Gasteiger partial charge in [-0.1, -0.05) is 0 Å². The van der Waals surface area contributed by atoms with Gasteiger partial charge in [0.1, 0.15) is 0 Å². The minimum Gasteiger partial charge on any atom is -0.475 e. The van der Waals surface area contributed by atoms with Gasteiger partial charge in [0.05, 0.1) is 18.2 Å². The van der Waals surface area contributed by atoms with Gasteiger partial charge in [-0.15, -0.1) is 10.2 Å². The van der Waals surface area contributed by atoms with Crippen LogP contribution in [0.3, 0.4) is 0 Å². The molecule has 3 aromatic heterocycles. The third kappa shape index (κ3) is 3.26. The van der Waals surface area contributed by atoms with E-state index in [1.54, 1.807) is 0 Å². The highest BCUT2D eigenvalue weighted by Crippen LogP contribution is 2.48. The summed E-state index contributed by atoms with van der Waals surface area (Å²) in [5.41, 5.74) is -0.0791. The van der Waals surface area contributed by atoms with Gasteiger partial charge in [0.2, 0.25) is 5.88 Å². The number of halogens is 6. The van der Waals surface area contributed by atoms with E-state index in [9.17, 15) is 26.3 Å². The Morgan fingerprint density at radius 3 is 2.59 bits per heavy atom. The van der Waals surface area contributed by atoms with Gasteiger partial charge in [0, 0.05) is 18.2 Å². The van der Waals surface area contributed by atoms with E-state index in [0.717, 1.165) is 12.3 Å². The van der Waals surface area contributed by atoms with E-state index in [1.165, 1.54) is 12.1 Å². The zero-order valence-electron chi connectivity index (χ0n) is 13.2. The predicted octanol–water partition coefficient (Wildman–Crippen LogP) is 3.38. The number of alkyl halides is 5. The maximum Gasteiger partial charge on any atom is 0.453 e. The molecule has 1 aliphatic carbocycles. The molecule has 0 spiro atoms. The average molecular weight is 389 g/mol. The molecule has 0 bridgehead atoms. The summed E-state index contributed by atoms with van der Waals surface area (Å²) in [6, 6.07) is 3.51. The first-order chi connectivity index (χ1) is 12.6. The van der Waals surface area contributed by atoms with Crippen LogP contribution in [0.15, 0.2) is 24.4 Å². The first kappa shape index (κ1) is 17.5. The fourth-order valence-electron chi connectivity index (χ4n) is 2.42. The molecule has 1 saturated carbocycles. The van der Waals surface area contributed by atoms with Crippen LogP contribution in [0.5, 0.6) is 5.88 Å². The first-order valence-corrected chi connectivity index (χ1v) is 7.61. The first-order valence-electron chi connectivity index (χ1n) is 7.61. The molecule has 27 heavy (non-hydrogen) atoms. The van der Waals surface area contributed by atoms with Crippen molar-refractivity contribution in [3.05, 3.63) is 36.0 Å². The lowest BCUT2D eigenvalue weighted by Crippen LogP contribution is -2.12. The van der Waals surface area contributed by atoms with E-state index >= 15 is 0 Å². The Morgan fingerprint density at radius 2 is 1.96 bits per heavy atom. The molecule has 3 heterocycles. The molecule has 0 unspecified atom stereocenters. The second kappa shape index (κ2) is 5.79. The Balaban J connectivity index is 1.60. The average Bonchev–Trinajstić information content (AvgIpc) is 3.01. The third-order valence-corrected chi connectivity index (χ3v) is 4.00. The summed E-state index contributed by atoms with van der Waals surface area (Å²) in [5.74, 6) is -6.51. The van der Waals surface area contributed by atoms with E-state index in [1.807, 2.05) is 0 Å². The fraction of sp³-hybridized carbons (Fsp3) is 0.333. The van der Waals surface area contributed by atoms with E-state index in [2.05, 4.69) is 20.3 Å². The Hall–Kier alpha value is -2.92. The second-order valence-corrected chi connectivity index (χ2v) is 5.99. The van der Waals surface area contributed by atoms with Gasteiger partial charge >= 0.3 is 6.18 Å². The molecule has 3 aromatic rings. The van der Waals surface area contributed by atoms with Crippen molar-refractivity contribution < 1.29 is 31.1 Å². The lowest BCUT2D eigenvalue weighted by Gasteiger charge is -2.08. The molecule has 4 rings (SSSR count). The number of hydrogen-bond donors (Lipinski definition) is 0. The largest absolute Gasteiger partial charge is 0.475 e. The molecule has 0 aromatic carbocycles. The van der Waals surface area contributed by atoms with Gasteiger partial charge in [0.25, 0.3) is 11.7 Å². The molecule has 0 radical (unpaired) electrons. The van der Waals surface area contributed by atoms with Crippen LogP contribution in [0.2, 0.25) is 0 Å². The monoisotopic (exact) mass is 389 g/mol. The van der Waals surface area contributed by atoms with Gasteiger partial charge in [-0.05, 0) is 18.2 Å². The van der Waals surface area contributed by atoms with Crippen LogP contribution in [0, 0.1) is 11.7 Å². The van der Waals surface area contributed by atoms with Crippen molar-refractivity contribution in [2.24, 2.45) is 5.92 Å². The second-order valence-electron chi connectivity index (χ2n) is 5.99. The maximum atomic E-state index is 14.1. The quantitative estimate of drug-likeness (QED) is 0.640. The summed E-state index contributed by atoms with van der Waals surface area (Å²) < 4.78 is 83.9. The molecular weight excluding hydrogens is 380 g/mol. The van der Waals surface area contributed by atoms with Crippen molar-refractivity contribution >= 4 is 5.65 Å².